The van der Waals surface area contributed by atoms with Crippen molar-refractivity contribution in [3.05, 3.63) is 23.2 Å². The number of nitrogens with one attached hydrogen (secondary N) is 2. The third-order valence-electron chi connectivity index (χ3n) is 4.36. The fourth-order valence-electron chi connectivity index (χ4n) is 3.01. The zero-order valence-electron chi connectivity index (χ0n) is 14.3. The summed E-state index contributed by atoms with van der Waals surface area (Å²) >= 11 is 9.42. The number of amides is 3. The lowest BCUT2D eigenvalue weighted by atomic mass is 10.1. The van der Waals surface area contributed by atoms with Crippen molar-refractivity contribution in [3.63, 3.8) is 0 Å². The summed E-state index contributed by atoms with van der Waals surface area (Å²) < 4.78 is 5.88. The number of nitrogens with zero attached hydrogens (tertiary/aromatic N) is 3. The van der Waals surface area contributed by atoms with E-state index in [2.05, 4.69) is 31.6 Å². The first-order valence-electron chi connectivity index (χ1n) is 8.07. The second-order valence-electron chi connectivity index (χ2n) is 5.98. The number of hydrogen-bond acceptors (Lipinski definition) is 6. The maximum Gasteiger partial charge on any atom is 0.325 e. The zero-order valence-corrected chi connectivity index (χ0v) is 16.7. The maximum absolute atomic E-state index is 12.2. The largest absolute Gasteiger partial charge is 0.495 e. The Labute approximate surface area is 164 Å². The van der Waals surface area contributed by atoms with Crippen LogP contribution < -0.4 is 15.4 Å². The van der Waals surface area contributed by atoms with Gasteiger partial charge in [-0.25, -0.2) is 9.79 Å². The second-order valence-corrected chi connectivity index (χ2v) is 7.13. The van der Waals surface area contributed by atoms with Crippen molar-refractivity contribution in [1.82, 2.24) is 15.1 Å². The van der Waals surface area contributed by atoms with Gasteiger partial charge in [0.1, 0.15) is 5.75 Å². The monoisotopic (exact) mass is 443 g/mol. The van der Waals surface area contributed by atoms with Gasteiger partial charge in [-0.3, -0.25) is 10.1 Å². The topological polar surface area (TPSA) is 86.3 Å². The lowest BCUT2D eigenvalue weighted by Crippen LogP contribution is -2.63. The van der Waals surface area contributed by atoms with E-state index in [0.717, 1.165) is 12.1 Å². The number of carbonyl (C=O) groups excluding carboxylic acids is 2. The van der Waals surface area contributed by atoms with E-state index in [4.69, 9.17) is 16.3 Å². The number of amidine groups is 1. The maximum atomic E-state index is 12.2. The van der Waals surface area contributed by atoms with Crippen molar-refractivity contribution < 1.29 is 14.3 Å². The molecule has 0 aromatic heterocycles. The van der Waals surface area contributed by atoms with Gasteiger partial charge in [-0.05, 0) is 40.5 Å². The number of benzene rings is 1. The molecular weight excluding hydrogens is 426 g/mol. The highest BCUT2D eigenvalue weighted by Gasteiger charge is 2.47. The number of carbonyl (C=O) groups is 2. The van der Waals surface area contributed by atoms with Crippen LogP contribution in [0.25, 0.3) is 0 Å². The van der Waals surface area contributed by atoms with E-state index in [9.17, 15) is 9.59 Å². The van der Waals surface area contributed by atoms with Gasteiger partial charge < -0.3 is 19.9 Å². The van der Waals surface area contributed by atoms with E-state index in [1.807, 2.05) is 4.90 Å². The highest BCUT2D eigenvalue weighted by molar-refractivity contribution is 9.18. The molecule has 1 saturated heterocycles. The van der Waals surface area contributed by atoms with Crippen LogP contribution in [0.5, 0.6) is 5.75 Å². The molecule has 1 fully saturated rings. The summed E-state index contributed by atoms with van der Waals surface area (Å²) in [4.78, 5) is 31.6. The summed E-state index contributed by atoms with van der Waals surface area (Å²) in [6.07, 6.45) is 0.237. The molecule has 0 aliphatic carbocycles. The molecule has 0 bridgehead atoms. The molecule has 2 N–H and O–H groups in total. The fraction of sp³-hybridized carbons (Fsp3) is 0.438. The first-order valence-corrected chi connectivity index (χ1v) is 9.24. The Morgan fingerprint density at radius 2 is 2.19 bits per heavy atom. The van der Waals surface area contributed by atoms with E-state index < -0.39 is 18.2 Å². The number of ether oxygens (including phenoxy) is 1. The van der Waals surface area contributed by atoms with Gasteiger partial charge in [0.15, 0.2) is 17.0 Å². The van der Waals surface area contributed by atoms with Crippen molar-refractivity contribution in [2.75, 3.05) is 32.6 Å². The predicted octanol–water partition coefficient (Wildman–Crippen LogP) is 2.09. The number of hydrogen-bond donors (Lipinski definition) is 2. The van der Waals surface area contributed by atoms with Crippen LogP contribution in [0.2, 0.25) is 5.02 Å². The molecule has 2 unspecified atom stereocenters. The van der Waals surface area contributed by atoms with Gasteiger partial charge in [0.05, 0.1) is 12.8 Å². The number of imide groups is 1. The quantitative estimate of drug-likeness (QED) is 0.518. The Bertz CT molecular complexity index is 759. The fourth-order valence-corrected chi connectivity index (χ4v) is 3.79. The third kappa shape index (κ3) is 3.59. The summed E-state index contributed by atoms with van der Waals surface area (Å²) in [7, 11) is 3.23. The molecule has 26 heavy (non-hydrogen) atoms. The first-order chi connectivity index (χ1) is 12.4. The van der Waals surface area contributed by atoms with Gasteiger partial charge in [0.2, 0.25) is 0 Å². The van der Waals surface area contributed by atoms with Crippen LogP contribution in [0.4, 0.5) is 10.5 Å². The summed E-state index contributed by atoms with van der Waals surface area (Å²) in [6.45, 7) is 1.25. The average Bonchev–Trinajstić information content (AvgIpc) is 2.94. The number of urea groups is 1. The lowest BCUT2D eigenvalue weighted by Gasteiger charge is -2.35. The third-order valence-corrected chi connectivity index (χ3v) is 5.26. The molecule has 140 valence electrons. The Hall–Kier alpha value is -2.00. The molecule has 3 rings (SSSR count). The molecule has 2 heterocycles. The Balaban J connectivity index is 1.59. The van der Waals surface area contributed by atoms with Crippen LogP contribution >= 0.6 is 27.5 Å². The van der Waals surface area contributed by atoms with E-state index in [1.165, 1.54) is 4.90 Å². The number of anilines is 1. The molecule has 8 nitrogen and oxygen atoms in total. The van der Waals surface area contributed by atoms with Crippen molar-refractivity contribution in [2.45, 2.75) is 18.6 Å². The van der Waals surface area contributed by atoms with Crippen LogP contribution in [0.15, 0.2) is 23.2 Å². The van der Waals surface area contributed by atoms with Gasteiger partial charge >= 0.3 is 6.03 Å². The summed E-state index contributed by atoms with van der Waals surface area (Å²) in [5, 5.41) is 6.26. The standard InChI is InChI=1S/C16H19BrClN5O3/c1-22-13-12(14(24)21-16(22)25)23(15(17)20-13)7-3-6-19-10-8-9(18)4-5-11(10)26-2/h4-5,8,12-13,19H,3,6-7H2,1-2H3,(H,21,24,25). The number of likely N-dealkylation sites (N-methyl/N-ethyl adjacent to an activating group) is 1. The number of aliphatic imine (C=N–C) groups is 1. The SMILES string of the molecule is COc1ccc(Cl)cc1NCCCN1C(Br)=NC2C1C(=O)NC(=O)N2C. The van der Waals surface area contributed by atoms with Crippen LogP contribution in [-0.2, 0) is 4.79 Å². The molecule has 1 aromatic carbocycles. The molecule has 3 amide bonds. The second kappa shape index (κ2) is 7.71. The summed E-state index contributed by atoms with van der Waals surface area (Å²) in [6, 6.07) is 4.42. The molecule has 0 spiro atoms. The van der Waals surface area contributed by atoms with E-state index in [1.54, 1.807) is 32.4 Å². The minimum atomic E-state index is -0.521. The van der Waals surface area contributed by atoms with Gasteiger partial charge in [0.25, 0.3) is 5.91 Å². The molecular formula is C16H19BrClN5O3. The van der Waals surface area contributed by atoms with Crippen LogP contribution in [0.3, 0.4) is 0 Å². The van der Waals surface area contributed by atoms with Gasteiger partial charge in [0, 0.05) is 25.2 Å². The highest BCUT2D eigenvalue weighted by atomic mass is 79.9. The minimum absolute atomic E-state index is 0.333. The smallest absolute Gasteiger partial charge is 0.325 e. The van der Waals surface area contributed by atoms with Crippen molar-refractivity contribution in [3.8, 4) is 5.75 Å². The number of halogens is 2. The van der Waals surface area contributed by atoms with Crippen LogP contribution in [0.1, 0.15) is 6.42 Å². The highest BCUT2D eigenvalue weighted by Crippen LogP contribution is 2.28. The summed E-state index contributed by atoms with van der Waals surface area (Å²) in [5.74, 6) is 0.381. The zero-order chi connectivity index (χ0) is 18.8. The molecule has 10 heteroatoms. The molecule has 1 aromatic rings. The molecule has 0 saturated carbocycles. The van der Waals surface area contributed by atoms with Gasteiger partial charge in [-0.1, -0.05) is 11.6 Å². The van der Waals surface area contributed by atoms with E-state index in [0.29, 0.717) is 28.6 Å². The number of rotatable bonds is 6. The molecule has 0 radical (unpaired) electrons. The minimum Gasteiger partial charge on any atom is -0.495 e. The molecule has 2 aliphatic heterocycles. The van der Waals surface area contributed by atoms with Crippen molar-refractivity contribution in [2.24, 2.45) is 4.99 Å². The molecule has 2 atom stereocenters. The lowest BCUT2D eigenvalue weighted by molar-refractivity contribution is -0.127. The molecule has 2 aliphatic rings. The van der Waals surface area contributed by atoms with E-state index >= 15 is 0 Å². The Morgan fingerprint density at radius 1 is 1.42 bits per heavy atom. The van der Waals surface area contributed by atoms with Crippen LogP contribution in [0, 0.1) is 0 Å². The predicted molar refractivity (Wildman–Crippen MR) is 103 cm³/mol. The van der Waals surface area contributed by atoms with Crippen molar-refractivity contribution >= 4 is 49.9 Å². The average molecular weight is 445 g/mol. The van der Waals surface area contributed by atoms with Gasteiger partial charge in [-0.15, -0.1) is 0 Å². The number of fused-ring (bicyclic) bond motifs is 1. The first kappa shape index (κ1) is 18.8. The number of methoxy groups -OCH3 is 1. The summed E-state index contributed by atoms with van der Waals surface area (Å²) in [5.41, 5.74) is 0.813. The van der Waals surface area contributed by atoms with Gasteiger partial charge in [-0.2, -0.15) is 0 Å². The van der Waals surface area contributed by atoms with Crippen molar-refractivity contribution in [1.29, 1.82) is 0 Å². The Kier molecular flexibility index (Phi) is 5.57. The normalized spacial score (nSPS) is 22.1. The van der Waals surface area contributed by atoms with Crippen LogP contribution in [-0.4, -0.2) is 65.9 Å². The van der Waals surface area contributed by atoms with E-state index in [-0.39, 0.29) is 5.91 Å². The Morgan fingerprint density at radius 3 is 2.92 bits per heavy atom.